The Bertz CT molecular complexity index is 846. The minimum absolute atomic E-state index is 0.255. The lowest BCUT2D eigenvalue weighted by molar-refractivity contribution is -0.134. The fraction of sp³-hybridized carbons (Fsp3) is 0.0625. The molecule has 134 valence electrons. The third-order valence-corrected chi connectivity index (χ3v) is 4.07. The van der Waals surface area contributed by atoms with Crippen molar-refractivity contribution in [2.75, 3.05) is 0 Å². The number of aromatic nitrogens is 1. The zero-order chi connectivity index (χ0) is 19.1. The number of carboxylic acid groups (broad SMARTS) is 1. The molecular weight excluding hydrogens is 378 g/mol. The van der Waals surface area contributed by atoms with E-state index in [-0.39, 0.29) is 4.32 Å². The average Bonchev–Trinajstić information content (AvgIpc) is 3.19. The predicted molar refractivity (Wildman–Crippen MR) is 98.7 cm³/mol. The van der Waals surface area contributed by atoms with Crippen molar-refractivity contribution in [1.29, 1.82) is 0 Å². The number of carbonyl (C=O) groups is 3. The minimum atomic E-state index is -0.833. The number of aliphatic carboxylic acids is 1. The summed E-state index contributed by atoms with van der Waals surface area (Å²) in [6, 6.07) is 6.54. The Balaban J connectivity index is 0.000000552. The van der Waals surface area contributed by atoms with Crippen molar-refractivity contribution >= 4 is 52.2 Å². The molecule has 10 heteroatoms. The molecule has 0 bridgehead atoms. The van der Waals surface area contributed by atoms with E-state index < -0.39 is 17.8 Å². The molecule has 0 aromatic carbocycles. The molecular formula is C16H13N3O5S2. The molecule has 3 heterocycles. The Labute approximate surface area is 157 Å². The van der Waals surface area contributed by atoms with E-state index in [1.807, 2.05) is 0 Å². The van der Waals surface area contributed by atoms with Gasteiger partial charge in [0.15, 0.2) is 4.32 Å². The van der Waals surface area contributed by atoms with Crippen molar-refractivity contribution in [3.8, 4) is 0 Å². The van der Waals surface area contributed by atoms with Gasteiger partial charge >= 0.3 is 0 Å². The van der Waals surface area contributed by atoms with Gasteiger partial charge in [0.2, 0.25) is 0 Å². The number of furan rings is 1. The van der Waals surface area contributed by atoms with Crippen LogP contribution in [0.2, 0.25) is 0 Å². The van der Waals surface area contributed by atoms with Crippen molar-refractivity contribution in [2.24, 2.45) is 0 Å². The number of thiocarbonyl (C=S) groups is 1. The maximum absolute atomic E-state index is 12.3. The van der Waals surface area contributed by atoms with Crippen molar-refractivity contribution < 1.29 is 23.9 Å². The fourth-order valence-corrected chi connectivity index (χ4v) is 2.90. The van der Waals surface area contributed by atoms with Gasteiger partial charge in [0.05, 0.1) is 11.2 Å². The molecule has 0 saturated carbocycles. The Morgan fingerprint density at radius 1 is 1.35 bits per heavy atom. The first-order valence-electron chi connectivity index (χ1n) is 7.10. The first-order valence-corrected chi connectivity index (χ1v) is 8.33. The normalized spacial score (nSPS) is 14.8. The second kappa shape index (κ2) is 8.92. The highest BCUT2D eigenvalue weighted by molar-refractivity contribution is 8.26. The topological polar surface area (TPSA) is 113 Å². The van der Waals surface area contributed by atoms with Crippen LogP contribution in [0.4, 0.5) is 0 Å². The third kappa shape index (κ3) is 5.26. The zero-order valence-corrected chi connectivity index (χ0v) is 15.0. The summed E-state index contributed by atoms with van der Waals surface area (Å²) >= 11 is 6.23. The molecule has 1 fully saturated rings. The van der Waals surface area contributed by atoms with Crippen LogP contribution in [0.15, 0.2) is 52.2 Å². The molecule has 0 radical (unpaired) electrons. The molecule has 2 N–H and O–H groups in total. The number of hydrogen-bond donors (Lipinski definition) is 2. The van der Waals surface area contributed by atoms with Gasteiger partial charge in [0.25, 0.3) is 17.8 Å². The molecule has 0 atom stereocenters. The van der Waals surface area contributed by atoms with E-state index in [0.29, 0.717) is 16.2 Å². The van der Waals surface area contributed by atoms with Crippen LogP contribution < -0.4 is 5.43 Å². The van der Waals surface area contributed by atoms with E-state index >= 15 is 0 Å². The highest BCUT2D eigenvalue weighted by Gasteiger charge is 2.34. The second-order valence-corrected chi connectivity index (χ2v) is 6.40. The summed E-state index contributed by atoms with van der Waals surface area (Å²) in [5.74, 6) is -1.12. The molecule has 1 aliphatic rings. The first-order chi connectivity index (χ1) is 12.4. The number of hydrogen-bond acceptors (Lipinski definition) is 7. The molecule has 8 nitrogen and oxygen atoms in total. The van der Waals surface area contributed by atoms with Crippen LogP contribution >= 0.6 is 24.0 Å². The summed E-state index contributed by atoms with van der Waals surface area (Å²) in [6.45, 7) is 1.08. The first kappa shape index (κ1) is 19.3. The van der Waals surface area contributed by atoms with Crippen molar-refractivity contribution in [3.05, 3.63) is 59.2 Å². The minimum Gasteiger partial charge on any atom is -0.481 e. The Kier molecular flexibility index (Phi) is 6.64. The summed E-state index contributed by atoms with van der Waals surface area (Å²) < 4.78 is 5.42. The van der Waals surface area contributed by atoms with Crippen LogP contribution in [0, 0.1) is 0 Å². The molecule has 3 rings (SSSR count). The number of carboxylic acids is 1. The molecule has 2 aromatic rings. The lowest BCUT2D eigenvalue weighted by Crippen LogP contribution is -2.44. The van der Waals surface area contributed by atoms with Crippen molar-refractivity contribution in [2.45, 2.75) is 6.92 Å². The quantitative estimate of drug-likeness (QED) is 0.605. The SMILES string of the molecule is CC(=O)O.O=C(NN1C(=O)/C(=C/c2ccco2)SC1=S)c1ccncc1. The maximum Gasteiger partial charge on any atom is 0.300 e. The van der Waals surface area contributed by atoms with Crippen LogP contribution in [0.3, 0.4) is 0 Å². The van der Waals surface area contributed by atoms with Crippen LogP contribution in [-0.2, 0) is 9.59 Å². The number of pyridine rings is 1. The molecule has 26 heavy (non-hydrogen) atoms. The summed E-state index contributed by atoms with van der Waals surface area (Å²) in [5, 5.41) is 8.47. The molecule has 2 aromatic heterocycles. The highest BCUT2D eigenvalue weighted by atomic mass is 32.2. The standard InChI is InChI=1S/C14H9N3O3S2.C2H4O2/c18-12(9-3-5-15-6-4-9)16-17-13(19)11(22-14(17)21)8-10-2-1-7-20-10;1-2(3)4/h1-8H,(H,16,18);1H3,(H,3,4)/b11-8-;. The van der Waals surface area contributed by atoms with Gasteiger partial charge in [-0.25, -0.2) is 0 Å². The lowest BCUT2D eigenvalue weighted by Gasteiger charge is -2.15. The van der Waals surface area contributed by atoms with E-state index in [1.54, 1.807) is 30.3 Å². The van der Waals surface area contributed by atoms with E-state index in [2.05, 4.69) is 10.4 Å². The fourth-order valence-electron chi connectivity index (χ4n) is 1.74. The highest BCUT2D eigenvalue weighted by Crippen LogP contribution is 2.31. The monoisotopic (exact) mass is 391 g/mol. The van der Waals surface area contributed by atoms with Gasteiger partial charge in [-0.1, -0.05) is 11.8 Å². The van der Waals surface area contributed by atoms with Gasteiger partial charge < -0.3 is 9.52 Å². The number of nitrogens with zero attached hydrogens (tertiary/aromatic N) is 2. The van der Waals surface area contributed by atoms with Gasteiger partial charge in [-0.3, -0.25) is 24.8 Å². The van der Waals surface area contributed by atoms with E-state index in [1.165, 1.54) is 18.7 Å². The summed E-state index contributed by atoms with van der Waals surface area (Å²) in [6.07, 6.45) is 6.09. The van der Waals surface area contributed by atoms with Gasteiger partial charge in [-0.2, -0.15) is 5.01 Å². The smallest absolute Gasteiger partial charge is 0.300 e. The number of rotatable bonds is 3. The number of nitrogens with one attached hydrogen (secondary N) is 1. The predicted octanol–water partition coefficient (Wildman–Crippen LogP) is 2.31. The van der Waals surface area contributed by atoms with Crippen LogP contribution in [0.5, 0.6) is 0 Å². The van der Waals surface area contributed by atoms with Gasteiger partial charge in [0.1, 0.15) is 5.76 Å². The van der Waals surface area contributed by atoms with Crippen LogP contribution in [-0.4, -0.2) is 37.2 Å². The average molecular weight is 391 g/mol. The molecule has 0 unspecified atom stereocenters. The Morgan fingerprint density at radius 2 is 2.00 bits per heavy atom. The largest absolute Gasteiger partial charge is 0.481 e. The second-order valence-electron chi connectivity index (χ2n) is 4.73. The third-order valence-electron chi connectivity index (χ3n) is 2.77. The van der Waals surface area contributed by atoms with Crippen molar-refractivity contribution in [3.63, 3.8) is 0 Å². The molecule has 0 spiro atoms. The van der Waals surface area contributed by atoms with Crippen molar-refractivity contribution in [1.82, 2.24) is 15.4 Å². The summed E-state index contributed by atoms with van der Waals surface area (Å²) in [5.41, 5.74) is 2.88. The molecule has 1 aliphatic heterocycles. The summed E-state index contributed by atoms with van der Waals surface area (Å²) in [4.78, 5) is 37.6. The lowest BCUT2D eigenvalue weighted by atomic mass is 10.2. The van der Waals surface area contributed by atoms with E-state index in [9.17, 15) is 9.59 Å². The van der Waals surface area contributed by atoms with Crippen LogP contribution in [0.1, 0.15) is 23.0 Å². The van der Waals surface area contributed by atoms with Gasteiger partial charge in [0, 0.05) is 31.0 Å². The molecule has 0 aliphatic carbocycles. The number of amides is 2. The maximum atomic E-state index is 12.3. The van der Waals surface area contributed by atoms with Gasteiger partial charge in [-0.15, -0.1) is 0 Å². The zero-order valence-electron chi connectivity index (χ0n) is 13.4. The number of hydrazine groups is 1. The Morgan fingerprint density at radius 3 is 2.58 bits per heavy atom. The van der Waals surface area contributed by atoms with E-state index in [0.717, 1.165) is 23.7 Å². The van der Waals surface area contributed by atoms with Crippen LogP contribution in [0.25, 0.3) is 6.08 Å². The number of thioether (sulfide) groups is 1. The summed E-state index contributed by atoms with van der Waals surface area (Å²) in [7, 11) is 0. The van der Waals surface area contributed by atoms with E-state index in [4.69, 9.17) is 26.5 Å². The van der Waals surface area contributed by atoms with Gasteiger partial charge in [-0.05, 0) is 36.5 Å². The molecule has 2 amide bonds. The Hall–Kier alpha value is -2.98. The molecule has 1 saturated heterocycles. The number of carbonyl (C=O) groups excluding carboxylic acids is 2.